The summed E-state index contributed by atoms with van der Waals surface area (Å²) < 4.78 is 5.95. The molecule has 5 nitrogen and oxygen atoms in total. The Hall–Kier alpha value is -2.56. The van der Waals surface area contributed by atoms with Crippen molar-refractivity contribution >= 4 is 11.8 Å². The van der Waals surface area contributed by atoms with Gasteiger partial charge in [-0.15, -0.1) is 0 Å². The van der Waals surface area contributed by atoms with E-state index in [1.807, 2.05) is 24.3 Å². The van der Waals surface area contributed by atoms with Gasteiger partial charge in [0.25, 0.3) is 0 Å². The highest BCUT2D eigenvalue weighted by atomic mass is 16.5. The highest BCUT2D eigenvalue weighted by Crippen LogP contribution is 2.43. The van der Waals surface area contributed by atoms with Crippen molar-refractivity contribution in [3.63, 3.8) is 0 Å². The van der Waals surface area contributed by atoms with Crippen molar-refractivity contribution in [3.05, 3.63) is 52.7 Å². The standard InChI is InChI=1S/C20H20N2O3/c23-19(24)15-8-13-5-3-6-16(13)21-18(15)22-10-20(11-22)9-14-4-1-2-7-17(14)25-12-20/h1-2,4,7-8H,3,5-6,9-12H2,(H,23,24). The number of hydrogen-bond donors (Lipinski definition) is 1. The molecule has 0 atom stereocenters. The third kappa shape index (κ3) is 2.29. The molecule has 3 heterocycles. The van der Waals surface area contributed by atoms with Crippen LogP contribution in [0.2, 0.25) is 0 Å². The molecule has 1 fully saturated rings. The number of pyridine rings is 1. The Labute approximate surface area is 146 Å². The average molecular weight is 336 g/mol. The molecule has 5 heteroatoms. The predicted octanol–water partition coefficient (Wildman–Crippen LogP) is 2.71. The maximum atomic E-state index is 11.7. The Balaban J connectivity index is 1.42. The summed E-state index contributed by atoms with van der Waals surface area (Å²) >= 11 is 0. The van der Waals surface area contributed by atoms with Crippen molar-refractivity contribution in [1.82, 2.24) is 4.98 Å². The predicted molar refractivity (Wildman–Crippen MR) is 93.5 cm³/mol. The van der Waals surface area contributed by atoms with Crippen LogP contribution >= 0.6 is 0 Å². The number of aryl methyl sites for hydroxylation is 2. The number of benzene rings is 1. The number of anilines is 1. The van der Waals surface area contributed by atoms with Gasteiger partial charge in [0.2, 0.25) is 0 Å². The van der Waals surface area contributed by atoms with Crippen molar-refractivity contribution in [2.45, 2.75) is 25.7 Å². The number of carboxylic acids is 1. The fourth-order valence-electron chi connectivity index (χ4n) is 4.45. The zero-order chi connectivity index (χ0) is 17.0. The first-order chi connectivity index (χ1) is 12.1. The van der Waals surface area contributed by atoms with Crippen LogP contribution in [0.15, 0.2) is 30.3 Å². The van der Waals surface area contributed by atoms with Gasteiger partial charge in [0.15, 0.2) is 0 Å². The molecule has 1 aromatic heterocycles. The summed E-state index contributed by atoms with van der Waals surface area (Å²) in [5, 5.41) is 9.61. The third-order valence-electron chi connectivity index (χ3n) is 5.69. The van der Waals surface area contributed by atoms with Crippen molar-refractivity contribution < 1.29 is 14.6 Å². The van der Waals surface area contributed by atoms with Crippen molar-refractivity contribution in [2.24, 2.45) is 5.41 Å². The van der Waals surface area contributed by atoms with Crippen LogP contribution in [0, 0.1) is 5.41 Å². The number of carbonyl (C=O) groups is 1. The van der Waals surface area contributed by atoms with Gasteiger partial charge in [-0.1, -0.05) is 18.2 Å². The van der Waals surface area contributed by atoms with Gasteiger partial charge in [0, 0.05) is 24.2 Å². The lowest BCUT2D eigenvalue weighted by Crippen LogP contribution is -2.62. The lowest BCUT2D eigenvalue weighted by atomic mass is 9.74. The molecular weight excluding hydrogens is 316 g/mol. The first-order valence-electron chi connectivity index (χ1n) is 8.85. The molecule has 1 N–H and O–H groups in total. The molecule has 0 saturated carbocycles. The van der Waals surface area contributed by atoms with Crippen LogP contribution in [0.25, 0.3) is 0 Å². The second kappa shape index (κ2) is 5.22. The molecule has 0 bridgehead atoms. The minimum absolute atomic E-state index is 0.0742. The van der Waals surface area contributed by atoms with E-state index in [9.17, 15) is 9.90 Å². The summed E-state index contributed by atoms with van der Waals surface area (Å²) in [5.41, 5.74) is 3.84. The molecule has 1 aliphatic carbocycles. The lowest BCUT2D eigenvalue weighted by Gasteiger charge is -2.52. The van der Waals surface area contributed by atoms with Crippen LogP contribution in [0.1, 0.15) is 33.6 Å². The van der Waals surface area contributed by atoms with Gasteiger partial charge in [-0.05, 0) is 48.9 Å². The molecule has 1 saturated heterocycles. The van der Waals surface area contributed by atoms with Crippen LogP contribution < -0.4 is 9.64 Å². The molecule has 1 aromatic carbocycles. The Morgan fingerprint density at radius 1 is 1.20 bits per heavy atom. The lowest BCUT2D eigenvalue weighted by molar-refractivity contribution is 0.0690. The third-order valence-corrected chi connectivity index (χ3v) is 5.69. The van der Waals surface area contributed by atoms with E-state index in [0.717, 1.165) is 55.8 Å². The van der Waals surface area contributed by atoms with Crippen LogP contribution in [-0.2, 0) is 19.3 Å². The quantitative estimate of drug-likeness (QED) is 0.914. The van der Waals surface area contributed by atoms with Gasteiger partial charge in [0.1, 0.15) is 17.1 Å². The molecule has 0 unspecified atom stereocenters. The Kier molecular flexibility index (Phi) is 3.08. The molecular formula is C20H20N2O3. The zero-order valence-electron chi connectivity index (χ0n) is 14.0. The van der Waals surface area contributed by atoms with E-state index in [1.54, 1.807) is 0 Å². The topological polar surface area (TPSA) is 62.7 Å². The number of rotatable bonds is 2. The first-order valence-corrected chi connectivity index (χ1v) is 8.85. The van der Waals surface area contributed by atoms with Crippen LogP contribution in [-0.4, -0.2) is 35.8 Å². The molecule has 128 valence electrons. The van der Waals surface area contributed by atoms with E-state index in [4.69, 9.17) is 9.72 Å². The molecule has 2 aromatic rings. The first kappa shape index (κ1) is 14.8. The van der Waals surface area contributed by atoms with Gasteiger partial charge in [-0.3, -0.25) is 0 Å². The normalized spacial score (nSPS) is 19.8. The average Bonchev–Trinajstić information content (AvgIpc) is 3.05. The number of nitrogens with zero attached hydrogens (tertiary/aromatic N) is 2. The Morgan fingerprint density at radius 2 is 2.04 bits per heavy atom. The van der Waals surface area contributed by atoms with Crippen molar-refractivity contribution in [1.29, 1.82) is 0 Å². The Bertz CT molecular complexity index is 871. The number of aromatic carboxylic acids is 1. The smallest absolute Gasteiger partial charge is 0.339 e. The minimum Gasteiger partial charge on any atom is -0.493 e. The highest BCUT2D eigenvalue weighted by Gasteiger charge is 2.47. The summed E-state index contributed by atoms with van der Waals surface area (Å²) in [6.45, 7) is 2.29. The SMILES string of the molecule is O=C(O)c1cc2c(nc1N1CC3(COc4ccccc4C3)C1)CCC2. The van der Waals surface area contributed by atoms with E-state index < -0.39 is 5.97 Å². The largest absolute Gasteiger partial charge is 0.493 e. The van der Waals surface area contributed by atoms with E-state index in [2.05, 4.69) is 11.0 Å². The van der Waals surface area contributed by atoms with E-state index in [1.165, 1.54) is 5.56 Å². The fraction of sp³-hybridized carbons (Fsp3) is 0.400. The number of ether oxygens (including phenoxy) is 1. The molecule has 3 aliphatic rings. The fourth-order valence-corrected chi connectivity index (χ4v) is 4.45. The number of para-hydroxylation sites is 1. The van der Waals surface area contributed by atoms with E-state index in [0.29, 0.717) is 18.0 Å². The van der Waals surface area contributed by atoms with Gasteiger partial charge >= 0.3 is 5.97 Å². The van der Waals surface area contributed by atoms with Crippen molar-refractivity contribution in [2.75, 3.05) is 24.6 Å². The van der Waals surface area contributed by atoms with Crippen LogP contribution in [0.4, 0.5) is 5.82 Å². The summed E-state index contributed by atoms with van der Waals surface area (Å²) in [4.78, 5) is 18.5. The molecule has 25 heavy (non-hydrogen) atoms. The van der Waals surface area contributed by atoms with E-state index >= 15 is 0 Å². The summed E-state index contributed by atoms with van der Waals surface area (Å²) in [6.07, 6.45) is 3.95. The van der Waals surface area contributed by atoms with Gasteiger partial charge in [-0.2, -0.15) is 0 Å². The zero-order valence-corrected chi connectivity index (χ0v) is 14.0. The summed E-state index contributed by atoms with van der Waals surface area (Å²) in [7, 11) is 0. The molecule has 2 aliphatic heterocycles. The van der Waals surface area contributed by atoms with Crippen molar-refractivity contribution in [3.8, 4) is 5.75 Å². The van der Waals surface area contributed by atoms with Crippen LogP contribution in [0.5, 0.6) is 5.75 Å². The minimum atomic E-state index is -0.886. The summed E-state index contributed by atoms with van der Waals surface area (Å²) in [6, 6.07) is 10.0. The van der Waals surface area contributed by atoms with E-state index in [-0.39, 0.29) is 5.41 Å². The summed E-state index contributed by atoms with van der Waals surface area (Å²) in [5.74, 6) is 0.731. The maximum Gasteiger partial charge on any atom is 0.339 e. The maximum absolute atomic E-state index is 11.7. The Morgan fingerprint density at radius 3 is 2.88 bits per heavy atom. The molecule has 0 amide bonds. The van der Waals surface area contributed by atoms with Gasteiger partial charge < -0.3 is 14.7 Å². The number of carboxylic acid groups (broad SMARTS) is 1. The number of hydrogen-bond acceptors (Lipinski definition) is 4. The van der Waals surface area contributed by atoms with Crippen LogP contribution in [0.3, 0.4) is 0 Å². The number of aromatic nitrogens is 1. The number of fused-ring (bicyclic) bond motifs is 2. The second-order valence-electron chi connectivity index (χ2n) is 7.55. The van der Waals surface area contributed by atoms with Gasteiger partial charge in [-0.25, -0.2) is 9.78 Å². The molecule has 1 spiro atoms. The monoisotopic (exact) mass is 336 g/mol. The molecule has 5 rings (SSSR count). The van der Waals surface area contributed by atoms with Gasteiger partial charge in [0.05, 0.1) is 6.61 Å². The highest BCUT2D eigenvalue weighted by molar-refractivity contribution is 5.94. The second-order valence-corrected chi connectivity index (χ2v) is 7.55. The molecule has 0 radical (unpaired) electrons.